The van der Waals surface area contributed by atoms with E-state index < -0.39 is 0 Å². The third kappa shape index (κ3) is 6.09. The highest BCUT2D eigenvalue weighted by atomic mass is 16.5. The van der Waals surface area contributed by atoms with Crippen molar-refractivity contribution in [3.8, 4) is 5.75 Å². The first kappa shape index (κ1) is 15.3. The van der Waals surface area contributed by atoms with Crippen molar-refractivity contribution in [1.82, 2.24) is 0 Å². The molecule has 0 atom stereocenters. The number of methoxy groups -OCH3 is 1. The summed E-state index contributed by atoms with van der Waals surface area (Å²) < 4.78 is 10.1. The number of hydrogen-bond acceptors (Lipinski definition) is 3. The molecule has 0 aromatic heterocycles. The molecule has 0 spiro atoms. The van der Waals surface area contributed by atoms with Gasteiger partial charge in [-0.1, -0.05) is 26.2 Å². The van der Waals surface area contributed by atoms with Crippen LogP contribution in [0.25, 0.3) is 0 Å². The van der Waals surface area contributed by atoms with Crippen LogP contribution >= 0.6 is 0 Å². The lowest BCUT2D eigenvalue weighted by atomic mass is 10.1. The average molecular weight is 262 g/mol. The van der Waals surface area contributed by atoms with Crippen LogP contribution in [0, 0.1) is 0 Å². The molecule has 0 bridgehead atoms. The van der Waals surface area contributed by atoms with Gasteiger partial charge in [-0.25, -0.2) is 4.79 Å². The third-order valence-corrected chi connectivity index (χ3v) is 2.82. The van der Waals surface area contributed by atoms with Gasteiger partial charge in [-0.3, -0.25) is 0 Å². The maximum Gasteiger partial charge on any atom is 0.342 e. The van der Waals surface area contributed by atoms with E-state index in [2.05, 4.69) is 6.92 Å². The average Bonchev–Trinajstić information content (AvgIpc) is 2.46. The van der Waals surface area contributed by atoms with Crippen molar-refractivity contribution in [3.05, 3.63) is 42.2 Å². The van der Waals surface area contributed by atoms with Gasteiger partial charge in [0.1, 0.15) is 5.75 Å². The number of benzene rings is 1. The summed E-state index contributed by atoms with van der Waals surface area (Å²) >= 11 is 0. The fourth-order valence-electron chi connectivity index (χ4n) is 1.66. The maximum absolute atomic E-state index is 11.7. The van der Waals surface area contributed by atoms with E-state index >= 15 is 0 Å². The molecule has 0 saturated carbocycles. The molecule has 0 heterocycles. The van der Waals surface area contributed by atoms with Gasteiger partial charge in [-0.2, -0.15) is 0 Å². The van der Waals surface area contributed by atoms with Crippen molar-refractivity contribution in [1.29, 1.82) is 0 Å². The van der Waals surface area contributed by atoms with Gasteiger partial charge < -0.3 is 9.47 Å². The molecule has 0 saturated heterocycles. The summed E-state index contributed by atoms with van der Waals surface area (Å²) in [7, 11) is 1.59. The number of ether oxygens (including phenoxy) is 2. The number of hydrogen-bond donors (Lipinski definition) is 0. The minimum atomic E-state index is -0.340. The fourth-order valence-corrected chi connectivity index (χ4v) is 1.66. The first-order valence-corrected chi connectivity index (χ1v) is 6.78. The molecule has 0 aliphatic rings. The molecule has 104 valence electrons. The maximum atomic E-state index is 11.7. The highest BCUT2D eigenvalue weighted by molar-refractivity contribution is 5.89. The molecule has 3 nitrogen and oxygen atoms in total. The standard InChI is InChI=1S/C16H22O3/c1-3-4-5-6-7-8-13-19-16(17)14-9-11-15(18-2)12-10-14/h8-13H,3-7H2,1-2H3/b13-8-. The molecule has 0 N–H and O–H groups in total. The van der Waals surface area contributed by atoms with Crippen molar-refractivity contribution in [2.24, 2.45) is 0 Å². The van der Waals surface area contributed by atoms with Gasteiger partial charge in [0.05, 0.1) is 18.9 Å². The van der Waals surface area contributed by atoms with E-state index in [1.807, 2.05) is 6.08 Å². The van der Waals surface area contributed by atoms with E-state index in [1.54, 1.807) is 31.4 Å². The SMILES string of the molecule is CCCCCC/C=C\OC(=O)c1ccc(OC)cc1. The number of rotatable bonds is 8. The molecule has 1 aromatic carbocycles. The minimum absolute atomic E-state index is 0.340. The van der Waals surface area contributed by atoms with Crippen molar-refractivity contribution in [3.63, 3.8) is 0 Å². The number of allylic oxidation sites excluding steroid dienone is 1. The Kier molecular flexibility index (Phi) is 7.40. The molecule has 0 unspecified atom stereocenters. The van der Waals surface area contributed by atoms with Crippen molar-refractivity contribution < 1.29 is 14.3 Å². The van der Waals surface area contributed by atoms with Crippen molar-refractivity contribution >= 4 is 5.97 Å². The van der Waals surface area contributed by atoms with Crippen LogP contribution in [0.1, 0.15) is 49.4 Å². The van der Waals surface area contributed by atoms with Crippen LogP contribution in [-0.4, -0.2) is 13.1 Å². The van der Waals surface area contributed by atoms with Gasteiger partial charge in [0, 0.05) is 0 Å². The zero-order valence-corrected chi connectivity index (χ0v) is 11.7. The second kappa shape index (κ2) is 9.20. The quantitative estimate of drug-likeness (QED) is 0.397. The molecular formula is C16H22O3. The zero-order valence-electron chi connectivity index (χ0n) is 11.7. The molecule has 19 heavy (non-hydrogen) atoms. The Morgan fingerprint density at radius 2 is 1.89 bits per heavy atom. The van der Waals surface area contributed by atoms with Gasteiger partial charge in [0.15, 0.2) is 0 Å². The normalized spacial score (nSPS) is 10.6. The predicted molar refractivity (Wildman–Crippen MR) is 76.3 cm³/mol. The fraction of sp³-hybridized carbons (Fsp3) is 0.438. The molecule has 0 radical (unpaired) electrons. The first-order chi connectivity index (χ1) is 9.27. The molecule has 1 rings (SSSR count). The van der Waals surface area contributed by atoms with E-state index in [0.29, 0.717) is 5.56 Å². The van der Waals surface area contributed by atoms with E-state index in [0.717, 1.165) is 18.6 Å². The van der Waals surface area contributed by atoms with Crippen LogP contribution in [0.15, 0.2) is 36.6 Å². The Morgan fingerprint density at radius 1 is 1.16 bits per heavy atom. The van der Waals surface area contributed by atoms with E-state index in [9.17, 15) is 4.79 Å². The monoisotopic (exact) mass is 262 g/mol. The minimum Gasteiger partial charge on any atom is -0.497 e. The van der Waals surface area contributed by atoms with E-state index in [4.69, 9.17) is 9.47 Å². The first-order valence-electron chi connectivity index (χ1n) is 6.78. The van der Waals surface area contributed by atoms with Crippen LogP contribution < -0.4 is 4.74 Å². The lowest BCUT2D eigenvalue weighted by Crippen LogP contribution is -2.00. The molecule has 0 fully saturated rings. The summed E-state index contributed by atoms with van der Waals surface area (Å²) in [5.41, 5.74) is 0.524. The van der Waals surface area contributed by atoms with Gasteiger partial charge in [0.25, 0.3) is 0 Å². The topological polar surface area (TPSA) is 35.5 Å². The third-order valence-electron chi connectivity index (χ3n) is 2.82. The summed E-state index contributed by atoms with van der Waals surface area (Å²) in [5.74, 6) is 0.385. The highest BCUT2D eigenvalue weighted by Gasteiger charge is 2.04. The summed E-state index contributed by atoms with van der Waals surface area (Å²) in [5, 5.41) is 0. The van der Waals surface area contributed by atoms with Gasteiger partial charge in [-0.15, -0.1) is 0 Å². The molecule has 3 heteroatoms. The Bertz CT molecular complexity index is 393. The lowest BCUT2D eigenvalue weighted by Gasteiger charge is -2.01. The number of esters is 1. The summed E-state index contributed by atoms with van der Waals surface area (Å²) in [6.45, 7) is 2.19. The molecule has 0 aliphatic carbocycles. The van der Waals surface area contributed by atoms with E-state index in [1.165, 1.54) is 25.5 Å². The Morgan fingerprint density at radius 3 is 2.53 bits per heavy atom. The van der Waals surface area contributed by atoms with E-state index in [-0.39, 0.29) is 5.97 Å². The van der Waals surface area contributed by atoms with Crippen molar-refractivity contribution in [2.75, 3.05) is 7.11 Å². The second-order valence-electron chi connectivity index (χ2n) is 4.35. The largest absolute Gasteiger partial charge is 0.497 e. The molecule has 0 aliphatic heterocycles. The van der Waals surface area contributed by atoms with Crippen LogP contribution in [0.3, 0.4) is 0 Å². The Labute approximate surface area is 115 Å². The molecule has 1 aromatic rings. The number of carbonyl (C=O) groups excluding carboxylic acids is 1. The van der Waals surface area contributed by atoms with Crippen LogP contribution in [0.2, 0.25) is 0 Å². The van der Waals surface area contributed by atoms with Crippen LogP contribution in [-0.2, 0) is 4.74 Å². The molecular weight excluding hydrogens is 240 g/mol. The summed E-state index contributed by atoms with van der Waals surface area (Å²) in [4.78, 5) is 11.7. The summed E-state index contributed by atoms with van der Waals surface area (Å²) in [6, 6.07) is 6.86. The number of carbonyl (C=O) groups is 1. The second-order valence-corrected chi connectivity index (χ2v) is 4.35. The van der Waals surface area contributed by atoms with Gasteiger partial charge in [-0.05, 0) is 43.2 Å². The van der Waals surface area contributed by atoms with Gasteiger partial charge >= 0.3 is 5.97 Å². The summed E-state index contributed by atoms with van der Waals surface area (Å²) in [6.07, 6.45) is 9.21. The lowest BCUT2D eigenvalue weighted by molar-refractivity contribution is 0.0662. The van der Waals surface area contributed by atoms with Crippen molar-refractivity contribution in [2.45, 2.75) is 39.0 Å². The number of unbranched alkanes of at least 4 members (excludes halogenated alkanes) is 4. The highest BCUT2D eigenvalue weighted by Crippen LogP contribution is 2.12. The van der Waals surface area contributed by atoms with Gasteiger partial charge in [0.2, 0.25) is 0 Å². The zero-order chi connectivity index (χ0) is 13.9. The Balaban J connectivity index is 2.28. The van der Waals surface area contributed by atoms with Crippen LogP contribution in [0.4, 0.5) is 0 Å². The Hall–Kier alpha value is -1.77. The molecule has 0 amide bonds. The van der Waals surface area contributed by atoms with Crippen LogP contribution in [0.5, 0.6) is 5.75 Å². The smallest absolute Gasteiger partial charge is 0.342 e. The predicted octanol–water partition coefficient (Wildman–Crippen LogP) is 4.34.